The molecule has 0 aliphatic heterocycles. The van der Waals surface area contributed by atoms with Crippen LogP contribution >= 0.6 is 0 Å². The van der Waals surface area contributed by atoms with Crippen LogP contribution in [0.25, 0.3) is 0 Å². The van der Waals surface area contributed by atoms with Gasteiger partial charge in [0, 0.05) is 17.9 Å². The molecule has 0 aromatic carbocycles. The van der Waals surface area contributed by atoms with E-state index in [-0.39, 0.29) is 17.9 Å². The summed E-state index contributed by atoms with van der Waals surface area (Å²) in [7, 11) is 0. The summed E-state index contributed by atoms with van der Waals surface area (Å²) >= 11 is 0. The van der Waals surface area contributed by atoms with Crippen molar-refractivity contribution in [1.82, 2.24) is 0 Å². The first kappa shape index (κ1) is 8.47. The normalized spacial score (nSPS) is 29.8. The molecule has 0 aromatic heterocycles. The molecule has 0 bridgehead atoms. The lowest BCUT2D eigenvalue weighted by molar-refractivity contribution is -0.125. The third kappa shape index (κ3) is 1.69. The first-order valence-electron chi connectivity index (χ1n) is 4.09. The Morgan fingerprint density at radius 2 is 2.27 bits per heavy atom. The van der Waals surface area contributed by atoms with Crippen molar-refractivity contribution < 1.29 is 4.79 Å². The summed E-state index contributed by atoms with van der Waals surface area (Å²) in [6.45, 7) is 3.85. The van der Waals surface area contributed by atoms with Gasteiger partial charge in [-0.1, -0.05) is 26.0 Å². The standard InChI is InChI=1S/C9H15NO/c1-6(2)9(11)7-4-3-5-8(7)10/h3,5-8H,4,10H2,1-2H3/t7-,8+/m0/s1. The van der Waals surface area contributed by atoms with E-state index in [1.54, 1.807) is 0 Å². The fraction of sp³-hybridized carbons (Fsp3) is 0.667. The topological polar surface area (TPSA) is 43.1 Å². The van der Waals surface area contributed by atoms with Crippen LogP contribution in [0.2, 0.25) is 0 Å². The average Bonchev–Trinajstić information content (AvgIpc) is 2.33. The van der Waals surface area contributed by atoms with Gasteiger partial charge >= 0.3 is 0 Å². The van der Waals surface area contributed by atoms with Gasteiger partial charge in [0.1, 0.15) is 5.78 Å². The molecular formula is C9H15NO. The second-order valence-corrected chi connectivity index (χ2v) is 3.40. The van der Waals surface area contributed by atoms with E-state index < -0.39 is 0 Å². The SMILES string of the molecule is CC(C)C(=O)[C@H]1CC=C[C@H]1N. The number of carbonyl (C=O) groups is 1. The lowest BCUT2D eigenvalue weighted by Gasteiger charge is -2.15. The molecule has 0 saturated carbocycles. The van der Waals surface area contributed by atoms with Crippen LogP contribution in [0.5, 0.6) is 0 Å². The van der Waals surface area contributed by atoms with E-state index in [9.17, 15) is 4.79 Å². The van der Waals surface area contributed by atoms with E-state index in [0.29, 0.717) is 5.78 Å². The van der Waals surface area contributed by atoms with Crippen molar-refractivity contribution in [1.29, 1.82) is 0 Å². The average molecular weight is 153 g/mol. The number of ketones is 1. The molecule has 0 spiro atoms. The van der Waals surface area contributed by atoms with Gasteiger partial charge in [0.15, 0.2) is 0 Å². The highest BCUT2D eigenvalue weighted by Gasteiger charge is 2.27. The van der Waals surface area contributed by atoms with Crippen molar-refractivity contribution >= 4 is 5.78 Å². The van der Waals surface area contributed by atoms with Gasteiger partial charge in [-0.2, -0.15) is 0 Å². The predicted octanol–water partition coefficient (Wildman–Crippen LogP) is 1.11. The van der Waals surface area contributed by atoms with Crippen LogP contribution in [0.4, 0.5) is 0 Å². The Morgan fingerprint density at radius 3 is 2.64 bits per heavy atom. The molecule has 1 aliphatic carbocycles. The second-order valence-electron chi connectivity index (χ2n) is 3.40. The van der Waals surface area contributed by atoms with Crippen molar-refractivity contribution in [2.45, 2.75) is 26.3 Å². The van der Waals surface area contributed by atoms with Gasteiger partial charge in [0.25, 0.3) is 0 Å². The summed E-state index contributed by atoms with van der Waals surface area (Å²) in [5, 5.41) is 0. The van der Waals surface area contributed by atoms with Crippen molar-refractivity contribution in [2.75, 3.05) is 0 Å². The van der Waals surface area contributed by atoms with Crippen molar-refractivity contribution in [3.63, 3.8) is 0 Å². The van der Waals surface area contributed by atoms with E-state index in [1.807, 2.05) is 26.0 Å². The molecule has 2 atom stereocenters. The van der Waals surface area contributed by atoms with E-state index >= 15 is 0 Å². The molecule has 2 N–H and O–H groups in total. The first-order chi connectivity index (χ1) is 5.13. The number of rotatable bonds is 2. The maximum Gasteiger partial charge on any atom is 0.140 e. The lowest BCUT2D eigenvalue weighted by Crippen LogP contribution is -2.32. The third-order valence-electron chi connectivity index (χ3n) is 2.15. The van der Waals surface area contributed by atoms with Crippen LogP contribution in [-0.2, 0) is 4.79 Å². The summed E-state index contributed by atoms with van der Waals surface area (Å²) in [5.41, 5.74) is 5.71. The molecule has 0 saturated heterocycles. The molecule has 0 aromatic rings. The molecule has 1 rings (SSSR count). The van der Waals surface area contributed by atoms with E-state index in [1.165, 1.54) is 0 Å². The fourth-order valence-corrected chi connectivity index (χ4v) is 1.41. The molecule has 0 fully saturated rings. The maximum atomic E-state index is 11.4. The predicted molar refractivity (Wildman–Crippen MR) is 45.1 cm³/mol. The van der Waals surface area contributed by atoms with Crippen molar-refractivity contribution in [3.8, 4) is 0 Å². The molecule has 0 heterocycles. The monoisotopic (exact) mass is 153 g/mol. The largest absolute Gasteiger partial charge is 0.324 e. The molecule has 0 amide bonds. The molecular weight excluding hydrogens is 138 g/mol. The first-order valence-corrected chi connectivity index (χ1v) is 4.09. The van der Waals surface area contributed by atoms with Crippen LogP contribution in [0.1, 0.15) is 20.3 Å². The lowest BCUT2D eigenvalue weighted by atomic mass is 9.91. The minimum Gasteiger partial charge on any atom is -0.324 e. The minimum atomic E-state index is -0.0371. The van der Waals surface area contributed by atoms with Crippen molar-refractivity contribution in [3.05, 3.63) is 12.2 Å². The fourth-order valence-electron chi connectivity index (χ4n) is 1.41. The van der Waals surface area contributed by atoms with Crippen LogP contribution in [0.3, 0.4) is 0 Å². The zero-order chi connectivity index (χ0) is 8.43. The Hall–Kier alpha value is -0.630. The minimum absolute atomic E-state index is 0.0371. The zero-order valence-electron chi connectivity index (χ0n) is 7.08. The molecule has 11 heavy (non-hydrogen) atoms. The number of nitrogens with two attached hydrogens (primary N) is 1. The van der Waals surface area contributed by atoms with Crippen LogP contribution in [0.15, 0.2) is 12.2 Å². The van der Waals surface area contributed by atoms with E-state index in [0.717, 1.165) is 6.42 Å². The molecule has 1 aliphatic rings. The summed E-state index contributed by atoms with van der Waals surface area (Å²) in [6.07, 6.45) is 4.75. The zero-order valence-corrected chi connectivity index (χ0v) is 7.08. The van der Waals surface area contributed by atoms with Crippen LogP contribution < -0.4 is 5.73 Å². The Labute approximate surface area is 67.5 Å². The summed E-state index contributed by atoms with van der Waals surface area (Å²) in [4.78, 5) is 11.4. The molecule has 2 heteroatoms. The quantitative estimate of drug-likeness (QED) is 0.604. The van der Waals surface area contributed by atoms with Crippen LogP contribution in [-0.4, -0.2) is 11.8 Å². The van der Waals surface area contributed by atoms with E-state index in [2.05, 4.69) is 0 Å². The van der Waals surface area contributed by atoms with Gasteiger partial charge in [0.2, 0.25) is 0 Å². The Kier molecular flexibility index (Phi) is 2.45. The van der Waals surface area contributed by atoms with Gasteiger partial charge in [0.05, 0.1) is 0 Å². The van der Waals surface area contributed by atoms with Gasteiger partial charge in [-0.3, -0.25) is 4.79 Å². The van der Waals surface area contributed by atoms with Gasteiger partial charge in [-0.25, -0.2) is 0 Å². The third-order valence-corrected chi connectivity index (χ3v) is 2.15. The smallest absolute Gasteiger partial charge is 0.140 e. The molecule has 62 valence electrons. The number of carbonyl (C=O) groups excluding carboxylic acids is 1. The number of hydrogen-bond acceptors (Lipinski definition) is 2. The summed E-state index contributed by atoms with van der Waals surface area (Å²) in [5.74, 6) is 0.462. The van der Waals surface area contributed by atoms with Gasteiger partial charge in [-0.05, 0) is 6.42 Å². The molecule has 2 nitrogen and oxygen atoms in total. The summed E-state index contributed by atoms with van der Waals surface area (Å²) in [6, 6.07) is -0.0371. The molecule has 0 unspecified atom stereocenters. The van der Waals surface area contributed by atoms with Crippen molar-refractivity contribution in [2.24, 2.45) is 17.6 Å². The highest BCUT2D eigenvalue weighted by atomic mass is 16.1. The molecule has 0 radical (unpaired) electrons. The Bertz CT molecular complexity index is 184. The maximum absolute atomic E-state index is 11.4. The van der Waals surface area contributed by atoms with Crippen LogP contribution in [0, 0.1) is 11.8 Å². The highest BCUT2D eigenvalue weighted by molar-refractivity contribution is 5.84. The number of allylic oxidation sites excluding steroid dienone is 1. The highest BCUT2D eigenvalue weighted by Crippen LogP contribution is 2.20. The Balaban J connectivity index is 2.56. The van der Waals surface area contributed by atoms with Gasteiger partial charge in [-0.15, -0.1) is 0 Å². The summed E-state index contributed by atoms with van der Waals surface area (Å²) < 4.78 is 0. The number of Topliss-reactive ketones (excluding diaryl/α,β-unsaturated/α-hetero) is 1. The number of hydrogen-bond donors (Lipinski definition) is 1. The van der Waals surface area contributed by atoms with Gasteiger partial charge < -0.3 is 5.73 Å². The second kappa shape index (κ2) is 3.18. The van der Waals surface area contributed by atoms with E-state index in [4.69, 9.17) is 5.73 Å². The Morgan fingerprint density at radius 1 is 1.64 bits per heavy atom.